The van der Waals surface area contributed by atoms with E-state index in [1.54, 1.807) is 20.8 Å². The molecule has 22 heavy (non-hydrogen) atoms. The second kappa shape index (κ2) is 11.6. The van der Waals surface area contributed by atoms with Gasteiger partial charge in [0.2, 0.25) is 0 Å². The molecule has 0 fully saturated rings. The summed E-state index contributed by atoms with van der Waals surface area (Å²) in [5.41, 5.74) is -1.30. The number of hydrogen-bond donors (Lipinski definition) is 0. The maximum atomic E-state index is 12.7. The molecule has 0 heterocycles. The first-order valence-electron chi connectivity index (χ1n) is 7.66. The standard InChI is InChI=1S/C14H27O7P/c1-5-9-10-19-13(15)11-12(14(16)18-6-2)22(17,20-7-3)21-8-4/h12H,5-11H2,1-4H3. The third-order valence-electron chi connectivity index (χ3n) is 2.68. The highest BCUT2D eigenvalue weighted by Crippen LogP contribution is 2.54. The SMILES string of the molecule is CCCCOC(=O)CC(C(=O)OCC)P(=O)(OCC)OCC. The first-order chi connectivity index (χ1) is 10.4. The van der Waals surface area contributed by atoms with Crippen molar-refractivity contribution >= 4 is 19.5 Å². The van der Waals surface area contributed by atoms with Gasteiger partial charge in [0, 0.05) is 0 Å². The van der Waals surface area contributed by atoms with Crippen molar-refractivity contribution in [3.05, 3.63) is 0 Å². The van der Waals surface area contributed by atoms with Gasteiger partial charge in [-0.05, 0) is 27.2 Å². The van der Waals surface area contributed by atoms with Crippen molar-refractivity contribution in [2.24, 2.45) is 0 Å². The Morgan fingerprint density at radius 2 is 1.55 bits per heavy atom. The van der Waals surface area contributed by atoms with Crippen LogP contribution in [-0.4, -0.2) is 44.0 Å². The van der Waals surface area contributed by atoms with Crippen molar-refractivity contribution in [1.29, 1.82) is 0 Å². The first-order valence-corrected chi connectivity index (χ1v) is 9.27. The monoisotopic (exact) mass is 338 g/mol. The van der Waals surface area contributed by atoms with Crippen LogP contribution in [0.3, 0.4) is 0 Å². The Labute approximate surface area is 132 Å². The number of unbranched alkanes of at least 4 members (excludes halogenated alkanes) is 1. The summed E-state index contributed by atoms with van der Waals surface area (Å²) < 4.78 is 32.9. The lowest BCUT2D eigenvalue weighted by Gasteiger charge is -2.24. The minimum Gasteiger partial charge on any atom is -0.466 e. The first kappa shape index (κ1) is 21.1. The van der Waals surface area contributed by atoms with Gasteiger partial charge in [0.05, 0.1) is 32.8 Å². The van der Waals surface area contributed by atoms with Crippen LogP contribution in [0.1, 0.15) is 47.0 Å². The Bertz CT molecular complexity index is 373. The average molecular weight is 338 g/mol. The molecular weight excluding hydrogens is 311 g/mol. The van der Waals surface area contributed by atoms with E-state index in [1.807, 2.05) is 6.92 Å². The Kier molecular flexibility index (Phi) is 11.1. The van der Waals surface area contributed by atoms with Crippen LogP contribution in [0.4, 0.5) is 0 Å². The lowest BCUT2D eigenvalue weighted by Crippen LogP contribution is -2.29. The smallest absolute Gasteiger partial charge is 0.345 e. The zero-order valence-corrected chi connectivity index (χ0v) is 14.7. The van der Waals surface area contributed by atoms with Crippen LogP contribution >= 0.6 is 7.60 Å². The quantitative estimate of drug-likeness (QED) is 0.307. The lowest BCUT2D eigenvalue weighted by molar-refractivity contribution is -0.150. The van der Waals surface area contributed by atoms with Crippen LogP contribution in [0.25, 0.3) is 0 Å². The van der Waals surface area contributed by atoms with Crippen LogP contribution in [0.5, 0.6) is 0 Å². The number of hydrogen-bond acceptors (Lipinski definition) is 7. The molecule has 0 aliphatic heterocycles. The Balaban J connectivity index is 5.05. The molecule has 0 aromatic carbocycles. The Morgan fingerprint density at radius 3 is 2.00 bits per heavy atom. The van der Waals surface area contributed by atoms with Crippen LogP contribution in [0, 0.1) is 0 Å². The molecule has 0 N–H and O–H groups in total. The topological polar surface area (TPSA) is 88.1 Å². The molecule has 1 atom stereocenters. The molecule has 8 heteroatoms. The molecule has 0 saturated heterocycles. The van der Waals surface area contributed by atoms with Gasteiger partial charge in [-0.2, -0.15) is 0 Å². The number of carbonyl (C=O) groups is 2. The van der Waals surface area contributed by atoms with Crippen LogP contribution in [0.15, 0.2) is 0 Å². The molecule has 1 unspecified atom stereocenters. The van der Waals surface area contributed by atoms with E-state index >= 15 is 0 Å². The molecular formula is C14H27O7P. The fourth-order valence-corrected chi connectivity index (χ4v) is 3.55. The summed E-state index contributed by atoms with van der Waals surface area (Å²) in [6, 6.07) is 0. The van der Waals surface area contributed by atoms with Gasteiger partial charge in [-0.25, -0.2) is 0 Å². The molecule has 0 aliphatic rings. The summed E-state index contributed by atoms with van der Waals surface area (Å²) in [5, 5.41) is 0. The van der Waals surface area contributed by atoms with Crippen LogP contribution in [0.2, 0.25) is 0 Å². The van der Waals surface area contributed by atoms with E-state index in [9.17, 15) is 14.2 Å². The third kappa shape index (κ3) is 7.38. The zero-order chi connectivity index (χ0) is 17.0. The van der Waals surface area contributed by atoms with Crippen molar-refractivity contribution in [3.63, 3.8) is 0 Å². The molecule has 0 rings (SSSR count). The summed E-state index contributed by atoms with van der Waals surface area (Å²) in [5.74, 6) is -1.40. The van der Waals surface area contributed by atoms with Crippen LogP contribution < -0.4 is 0 Å². The fourth-order valence-electron chi connectivity index (χ4n) is 1.69. The zero-order valence-electron chi connectivity index (χ0n) is 13.8. The second-order valence-electron chi connectivity index (χ2n) is 4.42. The molecule has 0 aromatic heterocycles. The number of rotatable bonds is 12. The Hall–Kier alpha value is -0.910. The summed E-state index contributed by atoms with van der Waals surface area (Å²) >= 11 is 0. The molecule has 0 spiro atoms. The van der Waals surface area contributed by atoms with E-state index in [4.69, 9.17) is 18.5 Å². The van der Waals surface area contributed by atoms with E-state index in [-0.39, 0.29) is 32.8 Å². The highest BCUT2D eigenvalue weighted by atomic mass is 31.2. The molecule has 0 aromatic rings. The summed E-state index contributed by atoms with van der Waals surface area (Å²) in [6.45, 7) is 7.42. The summed E-state index contributed by atoms with van der Waals surface area (Å²) in [4.78, 5) is 23.9. The number of esters is 2. The van der Waals surface area contributed by atoms with Gasteiger partial charge >= 0.3 is 19.5 Å². The maximum absolute atomic E-state index is 12.7. The molecule has 0 amide bonds. The van der Waals surface area contributed by atoms with Crippen molar-refractivity contribution in [2.45, 2.75) is 52.6 Å². The van der Waals surface area contributed by atoms with Crippen molar-refractivity contribution < 1.29 is 32.7 Å². The Morgan fingerprint density at radius 1 is 0.955 bits per heavy atom. The fraction of sp³-hybridized carbons (Fsp3) is 0.857. The third-order valence-corrected chi connectivity index (χ3v) is 5.07. The van der Waals surface area contributed by atoms with E-state index < -0.39 is 25.2 Å². The molecule has 0 bridgehead atoms. The lowest BCUT2D eigenvalue weighted by atomic mass is 10.3. The van der Waals surface area contributed by atoms with E-state index in [0.717, 1.165) is 12.8 Å². The van der Waals surface area contributed by atoms with Crippen molar-refractivity contribution in [1.82, 2.24) is 0 Å². The van der Waals surface area contributed by atoms with Gasteiger partial charge in [0.1, 0.15) is 0 Å². The van der Waals surface area contributed by atoms with Gasteiger partial charge in [-0.1, -0.05) is 13.3 Å². The minimum atomic E-state index is -3.78. The highest BCUT2D eigenvalue weighted by Gasteiger charge is 2.44. The van der Waals surface area contributed by atoms with Gasteiger partial charge in [0.25, 0.3) is 0 Å². The summed E-state index contributed by atoms with van der Waals surface area (Å²) in [7, 11) is -3.78. The number of ether oxygens (including phenoxy) is 2. The van der Waals surface area contributed by atoms with Crippen LogP contribution in [-0.2, 0) is 32.7 Å². The van der Waals surface area contributed by atoms with E-state index in [1.165, 1.54) is 0 Å². The maximum Gasteiger partial charge on any atom is 0.345 e. The molecule has 0 saturated carbocycles. The summed E-state index contributed by atoms with van der Waals surface area (Å²) in [6.07, 6.45) is 1.22. The molecule has 0 radical (unpaired) electrons. The largest absolute Gasteiger partial charge is 0.466 e. The predicted molar refractivity (Wildman–Crippen MR) is 81.8 cm³/mol. The van der Waals surface area contributed by atoms with Gasteiger partial charge < -0.3 is 18.5 Å². The van der Waals surface area contributed by atoms with Crippen molar-refractivity contribution in [3.8, 4) is 0 Å². The van der Waals surface area contributed by atoms with Gasteiger partial charge in [-0.3, -0.25) is 14.2 Å². The van der Waals surface area contributed by atoms with Crippen molar-refractivity contribution in [2.75, 3.05) is 26.4 Å². The van der Waals surface area contributed by atoms with Gasteiger partial charge in [0.15, 0.2) is 5.66 Å². The molecule has 7 nitrogen and oxygen atoms in total. The predicted octanol–water partition coefficient (Wildman–Crippen LogP) is 2.92. The minimum absolute atomic E-state index is 0.0953. The van der Waals surface area contributed by atoms with E-state index in [0.29, 0.717) is 0 Å². The molecule has 0 aliphatic carbocycles. The van der Waals surface area contributed by atoms with Gasteiger partial charge in [-0.15, -0.1) is 0 Å². The average Bonchev–Trinajstić information content (AvgIpc) is 2.45. The van der Waals surface area contributed by atoms with E-state index in [2.05, 4.69) is 0 Å². The second-order valence-corrected chi connectivity index (χ2v) is 6.64. The molecule has 130 valence electrons. The number of carbonyl (C=O) groups excluding carboxylic acids is 2. The highest BCUT2D eigenvalue weighted by molar-refractivity contribution is 7.55. The normalized spacial score (nSPS) is 12.7.